The molecule has 0 aliphatic rings. The van der Waals surface area contributed by atoms with Crippen LogP contribution in [0.4, 0.5) is 0 Å². The van der Waals surface area contributed by atoms with Gasteiger partial charge in [-0.2, -0.15) is 5.10 Å². The fourth-order valence-corrected chi connectivity index (χ4v) is 3.38. The third kappa shape index (κ3) is 2.35. The molecular formula is C19H21BN2. The van der Waals surface area contributed by atoms with Crippen LogP contribution in [0.15, 0.2) is 30.5 Å². The van der Waals surface area contributed by atoms with Crippen LogP contribution in [0.25, 0.3) is 22.0 Å². The van der Waals surface area contributed by atoms with E-state index in [1.165, 1.54) is 27.6 Å². The molecule has 22 heavy (non-hydrogen) atoms. The Hall–Kier alpha value is -2.03. The molecule has 0 aliphatic heterocycles. The molecule has 0 unspecified atom stereocenters. The lowest BCUT2D eigenvalue weighted by Crippen LogP contribution is -2.14. The first-order valence-corrected chi connectivity index (χ1v) is 7.72. The highest BCUT2D eigenvalue weighted by molar-refractivity contribution is 6.34. The molecule has 0 N–H and O–H groups in total. The number of rotatable bonds is 2. The molecule has 2 radical (unpaired) electrons. The maximum absolute atomic E-state index is 6.32. The second kappa shape index (κ2) is 5.31. The predicted molar refractivity (Wildman–Crippen MR) is 95.1 cm³/mol. The van der Waals surface area contributed by atoms with Gasteiger partial charge in [0.15, 0.2) is 0 Å². The van der Waals surface area contributed by atoms with Gasteiger partial charge in [-0.1, -0.05) is 43.6 Å². The summed E-state index contributed by atoms with van der Waals surface area (Å²) < 4.78 is 1.87. The molecular weight excluding hydrogens is 267 g/mol. The van der Waals surface area contributed by atoms with Crippen LogP contribution in [-0.2, 0) is 7.05 Å². The number of hydrogen-bond donors (Lipinski definition) is 0. The highest BCUT2D eigenvalue weighted by Crippen LogP contribution is 2.31. The van der Waals surface area contributed by atoms with Gasteiger partial charge in [0.2, 0.25) is 0 Å². The van der Waals surface area contributed by atoms with E-state index < -0.39 is 0 Å². The normalized spacial score (nSPS) is 11.5. The van der Waals surface area contributed by atoms with E-state index in [0.717, 1.165) is 16.5 Å². The summed E-state index contributed by atoms with van der Waals surface area (Å²) in [5.74, 6) is 0.436. The summed E-state index contributed by atoms with van der Waals surface area (Å²) in [6.45, 7) is 8.61. The topological polar surface area (TPSA) is 17.8 Å². The Balaban J connectivity index is 2.26. The molecule has 0 aliphatic carbocycles. The summed E-state index contributed by atoms with van der Waals surface area (Å²) >= 11 is 0. The van der Waals surface area contributed by atoms with Crippen molar-refractivity contribution in [2.24, 2.45) is 7.05 Å². The fraction of sp³-hybridized carbons (Fsp3) is 0.316. The van der Waals surface area contributed by atoms with E-state index in [-0.39, 0.29) is 0 Å². The van der Waals surface area contributed by atoms with Crippen LogP contribution >= 0.6 is 0 Å². The maximum Gasteiger partial charge on any atom is 0.114 e. The SMILES string of the molecule is [B]c1cc(-c2ccc(C)c3nn(C)cc23)cc(C)c1C(C)C. The monoisotopic (exact) mass is 288 g/mol. The highest BCUT2D eigenvalue weighted by Gasteiger charge is 2.13. The van der Waals surface area contributed by atoms with E-state index in [0.29, 0.717) is 5.92 Å². The molecule has 0 amide bonds. The van der Waals surface area contributed by atoms with E-state index >= 15 is 0 Å². The zero-order chi connectivity index (χ0) is 16.0. The molecule has 110 valence electrons. The largest absolute Gasteiger partial charge is 0.275 e. The quantitative estimate of drug-likeness (QED) is 0.656. The summed E-state index contributed by atoms with van der Waals surface area (Å²) in [4.78, 5) is 0. The lowest BCUT2D eigenvalue weighted by molar-refractivity contribution is 0.779. The Morgan fingerprint density at radius 3 is 2.45 bits per heavy atom. The molecule has 0 bridgehead atoms. The van der Waals surface area contributed by atoms with Crippen molar-refractivity contribution in [3.05, 3.63) is 47.2 Å². The van der Waals surface area contributed by atoms with Gasteiger partial charge in [-0.3, -0.25) is 4.68 Å². The fourth-order valence-electron chi connectivity index (χ4n) is 3.38. The first-order chi connectivity index (χ1) is 10.4. The van der Waals surface area contributed by atoms with Crippen molar-refractivity contribution in [1.29, 1.82) is 0 Å². The van der Waals surface area contributed by atoms with Gasteiger partial charge in [-0.25, -0.2) is 0 Å². The Labute approximate surface area is 133 Å². The number of nitrogens with zero attached hydrogens (tertiary/aromatic N) is 2. The van der Waals surface area contributed by atoms with Crippen LogP contribution in [-0.4, -0.2) is 17.6 Å². The molecule has 0 saturated heterocycles. The molecule has 3 heteroatoms. The molecule has 1 aromatic heterocycles. The zero-order valence-corrected chi connectivity index (χ0v) is 13.9. The highest BCUT2D eigenvalue weighted by atomic mass is 15.2. The zero-order valence-electron chi connectivity index (χ0n) is 13.9. The van der Waals surface area contributed by atoms with Crippen molar-refractivity contribution in [3.8, 4) is 11.1 Å². The van der Waals surface area contributed by atoms with Crippen molar-refractivity contribution >= 4 is 24.2 Å². The van der Waals surface area contributed by atoms with Crippen LogP contribution in [0, 0.1) is 13.8 Å². The van der Waals surface area contributed by atoms with Gasteiger partial charge in [0.1, 0.15) is 7.85 Å². The summed E-state index contributed by atoms with van der Waals surface area (Å²) in [6.07, 6.45) is 2.08. The Morgan fingerprint density at radius 2 is 1.82 bits per heavy atom. The molecule has 1 heterocycles. The van der Waals surface area contributed by atoms with Gasteiger partial charge >= 0.3 is 0 Å². The molecule has 3 aromatic rings. The molecule has 2 aromatic carbocycles. The number of benzene rings is 2. The number of aromatic nitrogens is 2. The molecule has 0 saturated carbocycles. The van der Waals surface area contributed by atoms with Gasteiger partial charge in [0.05, 0.1) is 5.52 Å². The van der Waals surface area contributed by atoms with Crippen molar-refractivity contribution < 1.29 is 0 Å². The Morgan fingerprint density at radius 1 is 1.09 bits per heavy atom. The van der Waals surface area contributed by atoms with Gasteiger partial charge in [0, 0.05) is 18.6 Å². The summed E-state index contributed by atoms with van der Waals surface area (Å²) in [7, 11) is 8.28. The standard InChI is InChI=1S/C19H21BN2/c1-11(2)18-13(4)8-14(9-17(18)20)15-7-6-12(3)19-16(15)10-22(5)21-19/h6-11H,1-5H3. The molecule has 2 nitrogen and oxygen atoms in total. The molecule has 0 fully saturated rings. The first-order valence-electron chi connectivity index (χ1n) is 7.72. The van der Waals surface area contributed by atoms with Gasteiger partial charge in [-0.15, -0.1) is 0 Å². The second-order valence-corrected chi connectivity index (χ2v) is 6.45. The third-order valence-electron chi connectivity index (χ3n) is 4.30. The van der Waals surface area contributed by atoms with Crippen LogP contribution in [0.5, 0.6) is 0 Å². The predicted octanol–water partition coefficient (Wildman–Crippen LogP) is 3.77. The van der Waals surface area contributed by atoms with Gasteiger partial charge < -0.3 is 0 Å². The lowest BCUT2D eigenvalue weighted by atomic mass is 9.80. The minimum atomic E-state index is 0.436. The molecule has 0 atom stereocenters. The number of aryl methyl sites for hydroxylation is 3. The van der Waals surface area contributed by atoms with Crippen LogP contribution in [0.1, 0.15) is 36.5 Å². The van der Waals surface area contributed by atoms with Crippen LogP contribution in [0.2, 0.25) is 0 Å². The average Bonchev–Trinajstić information content (AvgIpc) is 2.80. The van der Waals surface area contributed by atoms with E-state index in [4.69, 9.17) is 7.85 Å². The minimum Gasteiger partial charge on any atom is -0.275 e. The van der Waals surface area contributed by atoms with E-state index in [1.807, 2.05) is 11.7 Å². The smallest absolute Gasteiger partial charge is 0.114 e. The van der Waals surface area contributed by atoms with Gasteiger partial charge in [-0.05, 0) is 47.6 Å². The van der Waals surface area contributed by atoms with E-state index in [9.17, 15) is 0 Å². The van der Waals surface area contributed by atoms with E-state index in [2.05, 4.69) is 63.3 Å². The summed E-state index contributed by atoms with van der Waals surface area (Å²) in [6, 6.07) is 8.64. The summed E-state index contributed by atoms with van der Waals surface area (Å²) in [5, 5.41) is 5.75. The Bertz CT molecular complexity index is 836. The molecule has 0 spiro atoms. The Kier molecular flexibility index (Phi) is 3.60. The molecule has 3 rings (SSSR count). The van der Waals surface area contributed by atoms with E-state index in [1.54, 1.807) is 0 Å². The van der Waals surface area contributed by atoms with Crippen LogP contribution in [0.3, 0.4) is 0 Å². The number of fused-ring (bicyclic) bond motifs is 1. The summed E-state index contributed by atoms with van der Waals surface area (Å²) in [5.41, 5.74) is 7.99. The average molecular weight is 288 g/mol. The first kappa shape index (κ1) is 14.9. The van der Waals surface area contributed by atoms with Gasteiger partial charge in [0.25, 0.3) is 0 Å². The van der Waals surface area contributed by atoms with Crippen molar-refractivity contribution in [3.63, 3.8) is 0 Å². The maximum atomic E-state index is 6.32. The van der Waals surface area contributed by atoms with Crippen molar-refractivity contribution in [1.82, 2.24) is 9.78 Å². The minimum absolute atomic E-state index is 0.436. The lowest BCUT2D eigenvalue weighted by Gasteiger charge is -2.16. The third-order valence-corrected chi connectivity index (χ3v) is 4.30. The van der Waals surface area contributed by atoms with Crippen molar-refractivity contribution in [2.75, 3.05) is 0 Å². The van der Waals surface area contributed by atoms with Crippen molar-refractivity contribution in [2.45, 2.75) is 33.6 Å². The van der Waals surface area contributed by atoms with Crippen LogP contribution < -0.4 is 5.46 Å². The number of hydrogen-bond acceptors (Lipinski definition) is 1. The second-order valence-electron chi connectivity index (χ2n) is 6.45.